The van der Waals surface area contributed by atoms with Gasteiger partial charge in [-0.2, -0.15) is 5.26 Å². The molecule has 0 amide bonds. The number of hydrogen-bond acceptors (Lipinski definition) is 2. The molecule has 0 fully saturated rings. The van der Waals surface area contributed by atoms with E-state index in [2.05, 4.69) is 6.07 Å². The van der Waals surface area contributed by atoms with E-state index in [4.69, 9.17) is 5.26 Å². The van der Waals surface area contributed by atoms with Crippen molar-refractivity contribution in [1.82, 2.24) is 4.90 Å². The number of nitriles is 1. The number of likely N-dealkylation sites (N-methyl/N-ethyl adjacent to an activating group) is 1. The Morgan fingerprint density at radius 2 is 1.87 bits per heavy atom. The van der Waals surface area contributed by atoms with Gasteiger partial charge in [0.25, 0.3) is 0 Å². The van der Waals surface area contributed by atoms with E-state index in [-0.39, 0.29) is 5.82 Å². The molecule has 0 saturated carbocycles. The molecule has 0 aliphatic rings. The molecule has 80 valence electrons. The average Bonchev–Trinajstić information content (AvgIpc) is 2.21. The summed E-state index contributed by atoms with van der Waals surface area (Å²) >= 11 is 0. The van der Waals surface area contributed by atoms with Gasteiger partial charge in [-0.3, -0.25) is 4.90 Å². The maximum absolute atomic E-state index is 12.7. The Morgan fingerprint density at radius 1 is 1.33 bits per heavy atom. The highest BCUT2D eigenvalue weighted by Gasteiger charge is 2.26. The van der Waals surface area contributed by atoms with E-state index >= 15 is 0 Å². The minimum Gasteiger partial charge on any atom is -0.292 e. The lowest BCUT2D eigenvalue weighted by Gasteiger charge is -2.29. The third kappa shape index (κ3) is 2.77. The summed E-state index contributed by atoms with van der Waals surface area (Å²) in [5.41, 5.74) is 0.423. The van der Waals surface area contributed by atoms with Crippen molar-refractivity contribution in [3.05, 3.63) is 35.6 Å². The molecule has 3 heteroatoms. The van der Waals surface area contributed by atoms with Crippen LogP contribution in [0, 0.1) is 17.1 Å². The predicted molar refractivity (Wildman–Crippen MR) is 57.8 cm³/mol. The molecule has 0 spiro atoms. The Labute approximate surface area is 89.9 Å². The van der Waals surface area contributed by atoms with E-state index in [1.54, 1.807) is 12.1 Å². The molecule has 0 aromatic heterocycles. The molecule has 0 radical (unpaired) electrons. The summed E-state index contributed by atoms with van der Waals surface area (Å²) in [6.45, 7) is 1.87. The molecule has 0 saturated heterocycles. The fraction of sp³-hybridized carbons (Fsp3) is 0.417. The number of halogens is 1. The summed E-state index contributed by atoms with van der Waals surface area (Å²) < 4.78 is 12.7. The highest BCUT2D eigenvalue weighted by atomic mass is 19.1. The van der Waals surface area contributed by atoms with Crippen LogP contribution in [-0.2, 0) is 6.42 Å². The van der Waals surface area contributed by atoms with Crippen molar-refractivity contribution < 1.29 is 4.39 Å². The van der Waals surface area contributed by atoms with E-state index < -0.39 is 5.54 Å². The van der Waals surface area contributed by atoms with Gasteiger partial charge in [-0.1, -0.05) is 12.1 Å². The zero-order chi connectivity index (χ0) is 11.5. The molecule has 1 aromatic carbocycles. The van der Waals surface area contributed by atoms with Crippen LogP contribution in [0.2, 0.25) is 0 Å². The lowest BCUT2D eigenvalue weighted by molar-refractivity contribution is 0.236. The van der Waals surface area contributed by atoms with E-state index in [0.29, 0.717) is 6.42 Å². The Kier molecular flexibility index (Phi) is 3.43. The van der Waals surface area contributed by atoms with Gasteiger partial charge in [0, 0.05) is 6.42 Å². The smallest absolute Gasteiger partial charge is 0.123 e. The van der Waals surface area contributed by atoms with Crippen LogP contribution in [0.15, 0.2) is 24.3 Å². The monoisotopic (exact) mass is 206 g/mol. The largest absolute Gasteiger partial charge is 0.292 e. The Bertz CT molecular complexity index is 364. The highest BCUT2D eigenvalue weighted by molar-refractivity contribution is 5.22. The zero-order valence-electron chi connectivity index (χ0n) is 9.29. The second-order valence-corrected chi connectivity index (χ2v) is 4.08. The minimum absolute atomic E-state index is 0.248. The summed E-state index contributed by atoms with van der Waals surface area (Å²) in [4.78, 5) is 1.87. The van der Waals surface area contributed by atoms with Gasteiger partial charge in [-0.05, 0) is 38.7 Å². The summed E-state index contributed by atoms with van der Waals surface area (Å²) in [6.07, 6.45) is 0.594. The van der Waals surface area contributed by atoms with Gasteiger partial charge in [0.2, 0.25) is 0 Å². The number of hydrogen-bond donors (Lipinski definition) is 0. The molecule has 0 N–H and O–H groups in total. The Morgan fingerprint density at radius 3 is 2.27 bits per heavy atom. The summed E-state index contributed by atoms with van der Waals surface area (Å²) in [5.74, 6) is -0.248. The second kappa shape index (κ2) is 4.41. The van der Waals surface area contributed by atoms with E-state index in [0.717, 1.165) is 5.56 Å². The molecule has 1 atom stereocenters. The van der Waals surface area contributed by atoms with Crippen molar-refractivity contribution in [2.75, 3.05) is 14.1 Å². The molecule has 1 rings (SSSR count). The fourth-order valence-corrected chi connectivity index (χ4v) is 1.30. The van der Waals surface area contributed by atoms with Crippen LogP contribution >= 0.6 is 0 Å². The van der Waals surface area contributed by atoms with Gasteiger partial charge in [0.1, 0.15) is 11.4 Å². The molecule has 0 aliphatic heterocycles. The first-order chi connectivity index (χ1) is 6.98. The van der Waals surface area contributed by atoms with Gasteiger partial charge in [-0.25, -0.2) is 4.39 Å². The lowest BCUT2D eigenvalue weighted by Crippen LogP contribution is -2.41. The van der Waals surface area contributed by atoms with Crippen LogP contribution in [0.4, 0.5) is 4.39 Å². The van der Waals surface area contributed by atoms with Crippen molar-refractivity contribution in [3.63, 3.8) is 0 Å². The number of rotatable bonds is 3. The first-order valence-electron chi connectivity index (χ1n) is 4.81. The van der Waals surface area contributed by atoms with Gasteiger partial charge in [-0.15, -0.1) is 0 Å². The van der Waals surface area contributed by atoms with E-state index in [1.165, 1.54) is 12.1 Å². The van der Waals surface area contributed by atoms with Crippen LogP contribution in [0.3, 0.4) is 0 Å². The van der Waals surface area contributed by atoms with Gasteiger partial charge in [0.05, 0.1) is 6.07 Å². The molecular weight excluding hydrogens is 191 g/mol. The number of benzene rings is 1. The van der Waals surface area contributed by atoms with E-state index in [1.807, 2.05) is 25.9 Å². The number of nitrogens with zero attached hydrogens (tertiary/aromatic N) is 2. The van der Waals surface area contributed by atoms with Crippen molar-refractivity contribution in [3.8, 4) is 6.07 Å². The van der Waals surface area contributed by atoms with Crippen LogP contribution in [-0.4, -0.2) is 24.5 Å². The zero-order valence-corrected chi connectivity index (χ0v) is 9.29. The van der Waals surface area contributed by atoms with E-state index in [9.17, 15) is 4.39 Å². The second-order valence-electron chi connectivity index (χ2n) is 4.08. The first kappa shape index (κ1) is 11.7. The van der Waals surface area contributed by atoms with Crippen LogP contribution in [0.5, 0.6) is 0 Å². The van der Waals surface area contributed by atoms with Crippen molar-refractivity contribution in [1.29, 1.82) is 5.26 Å². The van der Waals surface area contributed by atoms with Crippen LogP contribution < -0.4 is 0 Å². The van der Waals surface area contributed by atoms with Crippen molar-refractivity contribution >= 4 is 0 Å². The third-order valence-corrected chi connectivity index (χ3v) is 2.69. The molecular formula is C12H15FN2. The summed E-state index contributed by atoms with van der Waals surface area (Å²) in [5, 5.41) is 9.11. The topological polar surface area (TPSA) is 27.0 Å². The molecule has 1 unspecified atom stereocenters. The molecule has 0 heterocycles. The highest BCUT2D eigenvalue weighted by Crippen LogP contribution is 2.17. The molecule has 1 aromatic rings. The van der Waals surface area contributed by atoms with Crippen molar-refractivity contribution in [2.24, 2.45) is 0 Å². The molecule has 15 heavy (non-hydrogen) atoms. The first-order valence-corrected chi connectivity index (χ1v) is 4.81. The average molecular weight is 206 g/mol. The van der Waals surface area contributed by atoms with Crippen LogP contribution in [0.1, 0.15) is 12.5 Å². The van der Waals surface area contributed by atoms with Crippen molar-refractivity contribution in [2.45, 2.75) is 18.9 Å². The van der Waals surface area contributed by atoms with Gasteiger partial charge < -0.3 is 0 Å². The normalized spacial score (nSPS) is 14.7. The maximum atomic E-state index is 12.7. The van der Waals surface area contributed by atoms with Crippen LogP contribution in [0.25, 0.3) is 0 Å². The van der Waals surface area contributed by atoms with Gasteiger partial charge >= 0.3 is 0 Å². The lowest BCUT2D eigenvalue weighted by atomic mass is 9.93. The predicted octanol–water partition coefficient (Wildman–Crippen LogP) is 2.21. The standard InChI is InChI=1S/C12H15FN2/c1-12(9-14,15(2)3)8-10-4-6-11(13)7-5-10/h4-7H,8H2,1-3H3. The Balaban J connectivity index is 2.85. The molecule has 0 bridgehead atoms. The quantitative estimate of drug-likeness (QED) is 0.758. The Hall–Kier alpha value is -1.40. The summed E-state index contributed by atoms with van der Waals surface area (Å²) in [6, 6.07) is 8.55. The maximum Gasteiger partial charge on any atom is 0.123 e. The molecule has 2 nitrogen and oxygen atoms in total. The minimum atomic E-state index is -0.544. The SMILES string of the molecule is CN(C)C(C)(C#N)Cc1ccc(F)cc1. The van der Waals surface area contributed by atoms with Gasteiger partial charge in [0.15, 0.2) is 0 Å². The fourth-order valence-electron chi connectivity index (χ4n) is 1.30. The molecule has 0 aliphatic carbocycles. The third-order valence-electron chi connectivity index (χ3n) is 2.69. The summed E-state index contributed by atoms with van der Waals surface area (Å²) in [7, 11) is 3.74.